The molecule has 2 amide bonds. The summed E-state index contributed by atoms with van der Waals surface area (Å²) in [5, 5.41) is 2.63. The number of benzene rings is 4. The van der Waals surface area contributed by atoms with Crippen molar-refractivity contribution in [1.82, 2.24) is 10.2 Å². The molecule has 0 heterocycles. The average Bonchev–Trinajstić information content (AvgIpc) is 3.09. The van der Waals surface area contributed by atoms with E-state index in [4.69, 9.17) is 14.2 Å². The van der Waals surface area contributed by atoms with Gasteiger partial charge in [0.2, 0.25) is 11.8 Å². The smallest absolute Gasteiger partial charge is 0.264 e. The van der Waals surface area contributed by atoms with E-state index in [1.807, 2.05) is 37.3 Å². The van der Waals surface area contributed by atoms with Crippen molar-refractivity contribution in [1.29, 1.82) is 0 Å². The molecule has 4 aromatic rings. The predicted octanol–water partition coefficient (Wildman–Crippen LogP) is 4.82. The first-order valence-electron chi connectivity index (χ1n) is 14.9. The minimum Gasteiger partial charge on any atom is -0.494 e. The van der Waals surface area contributed by atoms with Gasteiger partial charge in [-0.1, -0.05) is 42.5 Å². The highest BCUT2D eigenvalue weighted by atomic mass is 32.2. The largest absolute Gasteiger partial charge is 0.494 e. The van der Waals surface area contributed by atoms with Crippen LogP contribution in [0.5, 0.6) is 17.2 Å². The van der Waals surface area contributed by atoms with Crippen molar-refractivity contribution in [3.05, 3.63) is 114 Å². The number of amides is 2. The number of hydrogen-bond acceptors (Lipinski definition) is 7. The minimum atomic E-state index is -4.39. The Morgan fingerprint density at radius 2 is 1.51 bits per heavy atom. The Hall–Kier alpha value is -5.10. The van der Waals surface area contributed by atoms with Gasteiger partial charge in [0.25, 0.3) is 10.0 Å². The highest BCUT2D eigenvalue weighted by molar-refractivity contribution is 7.92. The van der Waals surface area contributed by atoms with Crippen molar-refractivity contribution in [3.63, 3.8) is 0 Å². The average molecular weight is 664 g/mol. The van der Waals surface area contributed by atoms with E-state index in [-0.39, 0.29) is 29.3 Å². The Morgan fingerprint density at radius 3 is 2.11 bits per heavy atom. The molecule has 0 aliphatic rings. The summed E-state index contributed by atoms with van der Waals surface area (Å²) in [6, 6.07) is 24.2. The molecule has 12 heteroatoms. The molecule has 0 saturated carbocycles. The van der Waals surface area contributed by atoms with Crippen LogP contribution in [0, 0.1) is 5.82 Å². The fourth-order valence-electron chi connectivity index (χ4n) is 5.02. The minimum absolute atomic E-state index is 0.0858. The number of hydrogen-bond donors (Lipinski definition) is 1. The molecule has 0 spiro atoms. The van der Waals surface area contributed by atoms with Crippen LogP contribution in [0.4, 0.5) is 10.1 Å². The summed E-state index contributed by atoms with van der Waals surface area (Å²) in [4.78, 5) is 29.0. The van der Waals surface area contributed by atoms with Crippen LogP contribution in [0.15, 0.2) is 102 Å². The molecule has 0 aliphatic heterocycles. The molecule has 0 saturated heterocycles. The monoisotopic (exact) mass is 663 g/mol. The molecule has 0 unspecified atom stereocenters. The maximum absolute atomic E-state index is 14.4. The third-order valence-corrected chi connectivity index (χ3v) is 9.21. The quantitative estimate of drug-likeness (QED) is 0.194. The molecular weight excluding hydrogens is 625 g/mol. The number of ether oxygens (including phenoxy) is 3. The lowest BCUT2D eigenvalue weighted by Crippen LogP contribution is -2.53. The molecule has 0 fully saturated rings. The van der Waals surface area contributed by atoms with Gasteiger partial charge in [-0.25, -0.2) is 12.8 Å². The van der Waals surface area contributed by atoms with E-state index in [1.165, 1.54) is 68.6 Å². The summed E-state index contributed by atoms with van der Waals surface area (Å²) in [6.45, 7) is 1.49. The third-order valence-electron chi connectivity index (χ3n) is 7.44. The molecule has 0 bridgehead atoms. The Labute approximate surface area is 274 Å². The lowest BCUT2D eigenvalue weighted by molar-refractivity contribution is -0.139. The molecule has 1 N–H and O–H groups in total. The van der Waals surface area contributed by atoms with Crippen molar-refractivity contribution in [3.8, 4) is 17.2 Å². The van der Waals surface area contributed by atoms with Gasteiger partial charge in [0.05, 0.1) is 31.4 Å². The molecular formula is C35H38FN3O7S. The second-order valence-electron chi connectivity index (χ2n) is 10.4. The Kier molecular flexibility index (Phi) is 11.8. The second-order valence-corrected chi connectivity index (χ2v) is 12.3. The molecule has 0 radical (unpaired) electrons. The zero-order valence-corrected chi connectivity index (χ0v) is 27.5. The van der Waals surface area contributed by atoms with Crippen LogP contribution in [-0.2, 0) is 32.6 Å². The first kappa shape index (κ1) is 34.8. The van der Waals surface area contributed by atoms with Crippen LogP contribution in [0.3, 0.4) is 0 Å². The van der Waals surface area contributed by atoms with Crippen LogP contribution < -0.4 is 23.8 Å². The van der Waals surface area contributed by atoms with E-state index < -0.39 is 40.2 Å². The highest BCUT2D eigenvalue weighted by Crippen LogP contribution is 2.33. The fraction of sp³-hybridized carbons (Fsp3) is 0.257. The topological polar surface area (TPSA) is 114 Å². The van der Waals surface area contributed by atoms with Crippen LogP contribution in [0.25, 0.3) is 0 Å². The van der Waals surface area contributed by atoms with Gasteiger partial charge in [0, 0.05) is 26.1 Å². The van der Waals surface area contributed by atoms with Gasteiger partial charge in [-0.05, 0) is 66.6 Å². The molecule has 4 aromatic carbocycles. The van der Waals surface area contributed by atoms with E-state index in [2.05, 4.69) is 5.32 Å². The van der Waals surface area contributed by atoms with Crippen molar-refractivity contribution in [2.75, 3.05) is 38.7 Å². The van der Waals surface area contributed by atoms with E-state index in [0.29, 0.717) is 23.7 Å². The van der Waals surface area contributed by atoms with Gasteiger partial charge in [0.1, 0.15) is 24.2 Å². The number of nitrogens with zero attached hydrogens (tertiary/aromatic N) is 2. The predicted molar refractivity (Wildman–Crippen MR) is 177 cm³/mol. The van der Waals surface area contributed by atoms with Gasteiger partial charge in [-0.15, -0.1) is 0 Å². The summed E-state index contributed by atoms with van der Waals surface area (Å²) in [6.07, 6.45) is 0.152. The van der Waals surface area contributed by atoms with Crippen LogP contribution in [-0.4, -0.2) is 65.6 Å². The van der Waals surface area contributed by atoms with E-state index in [1.54, 1.807) is 24.3 Å². The highest BCUT2D eigenvalue weighted by Gasteiger charge is 2.34. The number of anilines is 1. The Balaban J connectivity index is 1.81. The molecule has 47 heavy (non-hydrogen) atoms. The number of carbonyl (C=O) groups is 2. The summed E-state index contributed by atoms with van der Waals surface area (Å²) in [7, 11) is -0.103. The SMILES string of the molecule is CCOc1ccc(N(CC(=O)N(Cc2ccc(F)cc2)[C@H](Cc2ccccc2)C(=O)NC)S(=O)(=O)c2ccc(OC)c(OC)c2)cc1. The lowest BCUT2D eigenvalue weighted by atomic mass is 10.0. The number of carbonyl (C=O) groups excluding carboxylic acids is 2. The van der Waals surface area contributed by atoms with Gasteiger partial charge < -0.3 is 24.4 Å². The summed E-state index contributed by atoms with van der Waals surface area (Å²) in [5.41, 5.74) is 1.54. The molecule has 10 nitrogen and oxygen atoms in total. The first-order chi connectivity index (χ1) is 22.6. The molecule has 248 valence electrons. The maximum atomic E-state index is 14.4. The number of nitrogens with one attached hydrogen (secondary N) is 1. The lowest BCUT2D eigenvalue weighted by Gasteiger charge is -2.33. The number of sulfonamides is 1. The van der Waals surface area contributed by atoms with E-state index in [9.17, 15) is 22.4 Å². The van der Waals surface area contributed by atoms with Crippen molar-refractivity contribution >= 4 is 27.5 Å². The Bertz CT molecular complexity index is 1750. The fourth-order valence-corrected chi connectivity index (χ4v) is 6.45. The van der Waals surface area contributed by atoms with Crippen LogP contribution in [0.2, 0.25) is 0 Å². The molecule has 0 aromatic heterocycles. The van der Waals surface area contributed by atoms with Gasteiger partial charge in [-0.2, -0.15) is 0 Å². The third kappa shape index (κ3) is 8.59. The standard InChI is InChI=1S/C35H38FN3O7S/c1-5-46-29-17-15-28(16-18-29)39(47(42,43)30-19-20-32(44-3)33(22-30)45-4)24-34(40)38(23-26-11-13-27(36)14-12-26)31(35(41)37-2)21-25-9-7-6-8-10-25/h6-20,22,31H,5,21,23-24H2,1-4H3,(H,37,41)/t31-/m1/s1. The summed E-state index contributed by atoms with van der Waals surface area (Å²) >= 11 is 0. The molecule has 0 aliphatic carbocycles. The zero-order chi connectivity index (χ0) is 34.0. The van der Waals surface area contributed by atoms with Crippen LogP contribution in [0.1, 0.15) is 18.1 Å². The molecule has 1 atom stereocenters. The number of rotatable bonds is 15. The van der Waals surface area contributed by atoms with Gasteiger partial charge >= 0.3 is 0 Å². The van der Waals surface area contributed by atoms with Crippen molar-refractivity contribution in [2.45, 2.75) is 30.8 Å². The summed E-state index contributed by atoms with van der Waals surface area (Å²) < 4.78 is 59.6. The van der Waals surface area contributed by atoms with Crippen molar-refractivity contribution in [2.24, 2.45) is 0 Å². The normalized spacial score (nSPS) is 11.7. The summed E-state index contributed by atoms with van der Waals surface area (Å²) in [5.74, 6) is -0.522. The zero-order valence-electron chi connectivity index (χ0n) is 26.7. The number of likely N-dealkylation sites (N-methyl/N-ethyl adjacent to an activating group) is 1. The van der Waals surface area contributed by atoms with E-state index in [0.717, 1.165) is 9.87 Å². The first-order valence-corrected chi connectivity index (χ1v) is 16.3. The van der Waals surface area contributed by atoms with E-state index >= 15 is 0 Å². The van der Waals surface area contributed by atoms with Crippen LogP contribution >= 0.6 is 0 Å². The van der Waals surface area contributed by atoms with Gasteiger partial charge in [0.15, 0.2) is 11.5 Å². The number of methoxy groups -OCH3 is 2. The van der Waals surface area contributed by atoms with Gasteiger partial charge in [-0.3, -0.25) is 13.9 Å². The second kappa shape index (κ2) is 15.9. The van der Waals surface area contributed by atoms with Crippen molar-refractivity contribution < 1.29 is 36.6 Å². The molecule has 4 rings (SSSR count). The number of halogens is 1. The maximum Gasteiger partial charge on any atom is 0.264 e. The Morgan fingerprint density at radius 1 is 0.851 bits per heavy atom.